The van der Waals surface area contributed by atoms with Crippen LogP contribution >= 0.6 is 0 Å². The fraction of sp³-hybridized carbons (Fsp3) is 0.533. The van der Waals surface area contributed by atoms with E-state index in [1.54, 1.807) is 0 Å². The Morgan fingerprint density at radius 1 is 1.21 bits per heavy atom. The number of nitrogen functional groups attached to an aromatic ring is 1. The average Bonchev–Trinajstić information content (AvgIpc) is 2.99. The molecule has 0 unspecified atom stereocenters. The van der Waals surface area contributed by atoms with Crippen molar-refractivity contribution in [2.24, 2.45) is 7.05 Å². The summed E-state index contributed by atoms with van der Waals surface area (Å²) >= 11 is 0. The van der Waals surface area contributed by atoms with Crippen molar-refractivity contribution in [2.45, 2.75) is 31.6 Å². The first-order valence-electron chi connectivity index (χ1n) is 7.25. The number of aryl methyl sites for hydroxylation is 1. The second-order valence-electron chi connectivity index (χ2n) is 5.87. The maximum Gasteiger partial charge on any atom is 0.114 e. The number of hydrogen-bond acceptors (Lipinski definition) is 3. The molecular formula is C15H20N4. The van der Waals surface area contributed by atoms with Crippen LogP contribution in [0.1, 0.15) is 37.4 Å². The molecule has 100 valence electrons. The van der Waals surface area contributed by atoms with E-state index in [1.807, 2.05) is 6.07 Å². The van der Waals surface area contributed by atoms with Crippen LogP contribution in [0.15, 0.2) is 12.1 Å². The van der Waals surface area contributed by atoms with E-state index in [9.17, 15) is 0 Å². The van der Waals surface area contributed by atoms with E-state index >= 15 is 0 Å². The maximum atomic E-state index is 6.23. The Morgan fingerprint density at radius 3 is 2.63 bits per heavy atom. The van der Waals surface area contributed by atoms with Gasteiger partial charge < -0.3 is 15.2 Å². The van der Waals surface area contributed by atoms with Crippen LogP contribution in [0.2, 0.25) is 0 Å². The van der Waals surface area contributed by atoms with Crippen LogP contribution < -0.4 is 10.6 Å². The van der Waals surface area contributed by atoms with Crippen LogP contribution in [0.4, 0.5) is 11.4 Å². The van der Waals surface area contributed by atoms with Crippen molar-refractivity contribution < 1.29 is 0 Å². The average molecular weight is 256 g/mol. The third-order valence-electron chi connectivity index (χ3n) is 4.46. The minimum Gasteiger partial charge on any atom is -0.397 e. The highest BCUT2D eigenvalue weighted by Crippen LogP contribution is 2.42. The number of nitrogens with two attached hydrogens (primary N) is 1. The Bertz CT molecular complexity index is 633. The molecule has 4 nitrogen and oxygen atoms in total. The first-order chi connectivity index (χ1) is 9.25. The SMILES string of the molecule is Cn1c(C2CC2)nc2c(N3CCCC3)c(N)ccc21. The molecule has 1 aliphatic heterocycles. The van der Waals surface area contributed by atoms with E-state index in [-0.39, 0.29) is 0 Å². The molecule has 2 heterocycles. The van der Waals surface area contributed by atoms with E-state index in [1.165, 1.54) is 37.0 Å². The molecule has 0 spiro atoms. The van der Waals surface area contributed by atoms with Gasteiger partial charge in [-0.1, -0.05) is 0 Å². The molecule has 1 aromatic heterocycles. The molecule has 2 N–H and O–H groups in total. The summed E-state index contributed by atoms with van der Waals surface area (Å²) < 4.78 is 2.26. The molecule has 4 heteroatoms. The highest BCUT2D eigenvalue weighted by molar-refractivity contribution is 5.96. The lowest BCUT2D eigenvalue weighted by Gasteiger charge is -2.20. The number of rotatable bonds is 2. The monoisotopic (exact) mass is 256 g/mol. The molecule has 2 aromatic rings. The Hall–Kier alpha value is -1.71. The van der Waals surface area contributed by atoms with Gasteiger partial charge in [0.25, 0.3) is 0 Å². The van der Waals surface area contributed by atoms with Gasteiger partial charge in [0, 0.05) is 26.1 Å². The standard InChI is InChI=1S/C15H20N4/c1-18-12-7-6-11(16)14(19-8-2-3-9-19)13(12)17-15(18)10-4-5-10/h6-7,10H,2-5,8-9,16H2,1H3. The van der Waals surface area contributed by atoms with Gasteiger partial charge in [0.1, 0.15) is 11.3 Å². The molecular weight excluding hydrogens is 236 g/mol. The fourth-order valence-electron chi connectivity index (χ4n) is 3.26. The van der Waals surface area contributed by atoms with Crippen LogP contribution in [0.5, 0.6) is 0 Å². The lowest BCUT2D eigenvalue weighted by atomic mass is 10.2. The van der Waals surface area contributed by atoms with Crippen LogP contribution in [0, 0.1) is 0 Å². The minimum absolute atomic E-state index is 0.671. The molecule has 4 rings (SSSR count). The zero-order valence-corrected chi connectivity index (χ0v) is 11.4. The summed E-state index contributed by atoms with van der Waals surface area (Å²) in [6.07, 6.45) is 5.09. The number of aromatic nitrogens is 2. The molecule has 0 atom stereocenters. The van der Waals surface area contributed by atoms with Crippen LogP contribution in [-0.4, -0.2) is 22.6 Å². The molecule has 19 heavy (non-hydrogen) atoms. The number of imidazole rings is 1. The third kappa shape index (κ3) is 1.62. The molecule has 2 fully saturated rings. The van der Waals surface area contributed by atoms with E-state index in [0.717, 1.165) is 30.0 Å². The van der Waals surface area contributed by atoms with Crippen LogP contribution in [-0.2, 0) is 7.05 Å². The number of nitrogens with zero attached hydrogens (tertiary/aromatic N) is 3. The minimum atomic E-state index is 0.671. The Balaban J connectivity index is 1.94. The molecule has 0 bridgehead atoms. The smallest absolute Gasteiger partial charge is 0.114 e. The Labute approximate surface area is 113 Å². The fourth-order valence-corrected chi connectivity index (χ4v) is 3.26. The predicted molar refractivity (Wildman–Crippen MR) is 78.5 cm³/mol. The highest BCUT2D eigenvalue weighted by Gasteiger charge is 2.30. The number of fused-ring (bicyclic) bond motifs is 1. The van der Waals surface area contributed by atoms with Gasteiger partial charge in [-0.05, 0) is 37.8 Å². The van der Waals surface area contributed by atoms with Gasteiger partial charge in [-0.25, -0.2) is 4.98 Å². The number of hydrogen-bond donors (Lipinski definition) is 1. The van der Waals surface area contributed by atoms with Gasteiger partial charge in [-0.2, -0.15) is 0 Å². The second-order valence-corrected chi connectivity index (χ2v) is 5.87. The maximum absolute atomic E-state index is 6.23. The molecule has 0 amide bonds. The van der Waals surface area contributed by atoms with Crippen LogP contribution in [0.3, 0.4) is 0 Å². The summed E-state index contributed by atoms with van der Waals surface area (Å²) in [7, 11) is 2.13. The number of benzene rings is 1. The molecule has 2 aliphatic rings. The normalized spacial score (nSPS) is 19.5. The van der Waals surface area contributed by atoms with Crippen molar-refractivity contribution in [1.82, 2.24) is 9.55 Å². The van der Waals surface area contributed by atoms with Gasteiger partial charge in [-0.3, -0.25) is 0 Å². The highest BCUT2D eigenvalue weighted by atomic mass is 15.2. The quantitative estimate of drug-likeness (QED) is 0.840. The van der Waals surface area contributed by atoms with E-state index in [2.05, 4.69) is 22.6 Å². The Kier molecular flexibility index (Phi) is 2.28. The van der Waals surface area contributed by atoms with Gasteiger partial charge >= 0.3 is 0 Å². The summed E-state index contributed by atoms with van der Waals surface area (Å²) in [6.45, 7) is 2.22. The summed E-state index contributed by atoms with van der Waals surface area (Å²) in [5.41, 5.74) is 10.6. The summed E-state index contributed by atoms with van der Waals surface area (Å²) in [4.78, 5) is 7.33. The van der Waals surface area contributed by atoms with E-state index in [4.69, 9.17) is 10.7 Å². The molecule has 1 aromatic carbocycles. The summed E-state index contributed by atoms with van der Waals surface area (Å²) in [5.74, 6) is 1.91. The van der Waals surface area contributed by atoms with Crippen molar-refractivity contribution in [3.8, 4) is 0 Å². The van der Waals surface area contributed by atoms with Gasteiger partial charge in [-0.15, -0.1) is 0 Å². The van der Waals surface area contributed by atoms with Crippen molar-refractivity contribution in [1.29, 1.82) is 0 Å². The lowest BCUT2D eigenvalue weighted by molar-refractivity contribution is 0.820. The first-order valence-corrected chi connectivity index (χ1v) is 7.25. The zero-order valence-electron chi connectivity index (χ0n) is 11.4. The van der Waals surface area contributed by atoms with Gasteiger partial charge in [0.05, 0.1) is 16.9 Å². The third-order valence-corrected chi connectivity index (χ3v) is 4.46. The van der Waals surface area contributed by atoms with Crippen molar-refractivity contribution >= 4 is 22.4 Å². The van der Waals surface area contributed by atoms with Crippen molar-refractivity contribution in [2.75, 3.05) is 23.7 Å². The van der Waals surface area contributed by atoms with Crippen LogP contribution in [0.25, 0.3) is 11.0 Å². The van der Waals surface area contributed by atoms with E-state index < -0.39 is 0 Å². The van der Waals surface area contributed by atoms with E-state index in [0.29, 0.717) is 5.92 Å². The molecule has 1 aliphatic carbocycles. The first kappa shape index (κ1) is 11.1. The van der Waals surface area contributed by atoms with Gasteiger partial charge in [0.2, 0.25) is 0 Å². The number of anilines is 2. The van der Waals surface area contributed by atoms with Crippen molar-refractivity contribution in [3.63, 3.8) is 0 Å². The molecule has 0 radical (unpaired) electrons. The van der Waals surface area contributed by atoms with Gasteiger partial charge in [0.15, 0.2) is 0 Å². The zero-order chi connectivity index (χ0) is 13.0. The van der Waals surface area contributed by atoms with Crippen molar-refractivity contribution in [3.05, 3.63) is 18.0 Å². The predicted octanol–water partition coefficient (Wildman–Crippen LogP) is 2.63. The molecule has 1 saturated carbocycles. The largest absolute Gasteiger partial charge is 0.397 e. The summed E-state index contributed by atoms with van der Waals surface area (Å²) in [6, 6.07) is 4.15. The lowest BCUT2D eigenvalue weighted by Crippen LogP contribution is -2.19. The topological polar surface area (TPSA) is 47.1 Å². The summed E-state index contributed by atoms with van der Waals surface area (Å²) in [5, 5.41) is 0. The Morgan fingerprint density at radius 2 is 1.95 bits per heavy atom. The molecule has 1 saturated heterocycles. The second kappa shape index (κ2) is 3.89.